The first-order chi connectivity index (χ1) is 15.3. The molecule has 0 saturated heterocycles. The molecule has 7 heteroatoms. The molecule has 2 atom stereocenters. The van der Waals surface area contributed by atoms with Crippen LogP contribution in [0, 0.1) is 25.2 Å². The highest BCUT2D eigenvalue weighted by molar-refractivity contribution is 5.90. The van der Waals surface area contributed by atoms with Crippen molar-refractivity contribution in [1.29, 1.82) is 0 Å². The summed E-state index contributed by atoms with van der Waals surface area (Å²) in [5, 5.41) is 4.80. The van der Waals surface area contributed by atoms with Gasteiger partial charge in [-0.25, -0.2) is 18.9 Å². The molecule has 2 unspecified atom stereocenters. The van der Waals surface area contributed by atoms with Crippen LogP contribution in [0.4, 0.5) is 5.95 Å². The average molecular weight is 429 g/mol. The Morgan fingerprint density at radius 2 is 1.78 bits per heavy atom. The Kier molecular flexibility index (Phi) is 4.65. The maximum atomic E-state index is 13.3. The smallest absolute Gasteiger partial charge is 0.353 e. The van der Waals surface area contributed by atoms with E-state index < -0.39 is 0 Å². The molecule has 1 saturated carbocycles. The van der Waals surface area contributed by atoms with Gasteiger partial charge in [0.15, 0.2) is 5.65 Å². The predicted molar refractivity (Wildman–Crippen MR) is 126 cm³/mol. The highest BCUT2D eigenvalue weighted by atomic mass is 16.2. The number of hydrogen-bond donors (Lipinski definition) is 1. The summed E-state index contributed by atoms with van der Waals surface area (Å²) in [5.74, 6) is 0.599. The summed E-state index contributed by atoms with van der Waals surface area (Å²) in [7, 11) is 0. The van der Waals surface area contributed by atoms with E-state index in [4.69, 9.17) is 10.8 Å². The Morgan fingerprint density at radius 1 is 1.09 bits per heavy atom. The van der Waals surface area contributed by atoms with E-state index in [-0.39, 0.29) is 17.1 Å². The Labute approximate surface area is 187 Å². The molecule has 0 spiro atoms. The van der Waals surface area contributed by atoms with E-state index in [0.29, 0.717) is 23.8 Å². The maximum absolute atomic E-state index is 13.3. The van der Waals surface area contributed by atoms with Gasteiger partial charge in [-0.2, -0.15) is 0 Å². The molecule has 164 valence electrons. The van der Waals surface area contributed by atoms with Crippen LogP contribution in [0.3, 0.4) is 0 Å². The molecular formula is C25H28N6O. The van der Waals surface area contributed by atoms with E-state index in [2.05, 4.69) is 23.8 Å². The molecule has 5 rings (SSSR count). The lowest BCUT2D eigenvalue weighted by molar-refractivity contribution is 0.426. The molecule has 3 heterocycles. The van der Waals surface area contributed by atoms with Crippen molar-refractivity contribution in [2.75, 3.05) is 5.73 Å². The van der Waals surface area contributed by atoms with Gasteiger partial charge in [0.1, 0.15) is 0 Å². The van der Waals surface area contributed by atoms with Crippen molar-refractivity contribution in [3.05, 3.63) is 64.3 Å². The Balaban J connectivity index is 1.78. The first kappa shape index (κ1) is 20.4. The fourth-order valence-electron chi connectivity index (χ4n) is 4.70. The van der Waals surface area contributed by atoms with Gasteiger partial charge in [0, 0.05) is 23.5 Å². The number of aromatic nitrogens is 5. The van der Waals surface area contributed by atoms with Crippen LogP contribution in [0.5, 0.6) is 0 Å². The fraction of sp³-hybridized carbons (Fsp3) is 0.360. The summed E-state index contributed by atoms with van der Waals surface area (Å²) >= 11 is 0. The van der Waals surface area contributed by atoms with Crippen LogP contribution in [0.2, 0.25) is 0 Å². The zero-order chi connectivity index (χ0) is 22.6. The molecule has 2 N–H and O–H groups in total. The van der Waals surface area contributed by atoms with Gasteiger partial charge in [-0.3, -0.25) is 4.98 Å². The van der Waals surface area contributed by atoms with E-state index in [1.807, 2.05) is 56.3 Å². The topological polar surface area (TPSA) is 91.1 Å². The largest absolute Gasteiger partial charge is 0.369 e. The predicted octanol–water partition coefficient (Wildman–Crippen LogP) is 4.26. The van der Waals surface area contributed by atoms with Crippen molar-refractivity contribution in [1.82, 2.24) is 24.1 Å². The minimum absolute atomic E-state index is 0.149. The summed E-state index contributed by atoms with van der Waals surface area (Å²) < 4.78 is 3.01. The average Bonchev–Trinajstić information content (AvgIpc) is 3.29. The molecule has 32 heavy (non-hydrogen) atoms. The van der Waals surface area contributed by atoms with Crippen LogP contribution in [0.15, 0.2) is 47.3 Å². The lowest BCUT2D eigenvalue weighted by Gasteiger charge is -2.13. The summed E-state index contributed by atoms with van der Waals surface area (Å²) in [4.78, 5) is 22.5. The number of hydrogen-bond acceptors (Lipinski definition) is 5. The summed E-state index contributed by atoms with van der Waals surface area (Å²) in [6.07, 6.45) is 2.21. The third kappa shape index (κ3) is 3.28. The Hall–Kier alpha value is -3.48. The number of benzene rings is 1. The molecule has 3 aromatic heterocycles. The SMILES string of the molecule is CCC1(C)CC1Cn1nc2c(-c3cc(C)nc(C)c3)c(-c3ccccc3)nc(N)n2c1=O. The van der Waals surface area contributed by atoms with Gasteiger partial charge in [0.2, 0.25) is 5.95 Å². The highest BCUT2D eigenvalue weighted by Crippen LogP contribution is 2.55. The maximum Gasteiger partial charge on any atom is 0.353 e. The van der Waals surface area contributed by atoms with Crippen LogP contribution in [-0.4, -0.2) is 24.1 Å². The number of rotatable bonds is 5. The van der Waals surface area contributed by atoms with Crippen molar-refractivity contribution >= 4 is 11.6 Å². The number of fused-ring (bicyclic) bond motifs is 1. The molecule has 1 aliphatic carbocycles. The van der Waals surface area contributed by atoms with Crippen molar-refractivity contribution < 1.29 is 0 Å². The molecule has 4 aromatic rings. The summed E-state index contributed by atoms with van der Waals surface area (Å²) in [5.41, 5.74) is 12.1. The van der Waals surface area contributed by atoms with E-state index in [0.717, 1.165) is 40.9 Å². The zero-order valence-corrected chi connectivity index (χ0v) is 19.0. The van der Waals surface area contributed by atoms with Crippen LogP contribution in [0.1, 0.15) is 38.1 Å². The van der Waals surface area contributed by atoms with E-state index in [9.17, 15) is 4.79 Å². The summed E-state index contributed by atoms with van der Waals surface area (Å²) in [6.45, 7) is 9.00. The fourth-order valence-corrected chi connectivity index (χ4v) is 4.70. The molecule has 1 fully saturated rings. The van der Waals surface area contributed by atoms with Crippen LogP contribution < -0.4 is 11.4 Å². The standard InChI is InChI=1S/C25H28N6O/c1-5-25(4)13-19(25)14-30-24(32)31-22(29-30)20(18-11-15(2)27-16(3)12-18)21(28-23(31)26)17-9-7-6-8-10-17/h6-12,19H,5,13-14H2,1-4H3,(H2,26,28). The van der Waals surface area contributed by atoms with Gasteiger partial charge < -0.3 is 5.73 Å². The van der Waals surface area contributed by atoms with Crippen molar-refractivity contribution in [2.45, 2.75) is 47.1 Å². The second-order valence-corrected chi connectivity index (χ2v) is 9.23. The Morgan fingerprint density at radius 3 is 2.41 bits per heavy atom. The van der Waals surface area contributed by atoms with Crippen LogP contribution >= 0.6 is 0 Å². The second-order valence-electron chi connectivity index (χ2n) is 9.23. The van der Waals surface area contributed by atoms with E-state index >= 15 is 0 Å². The van der Waals surface area contributed by atoms with Crippen LogP contribution in [0.25, 0.3) is 28.0 Å². The van der Waals surface area contributed by atoms with Crippen molar-refractivity contribution in [3.8, 4) is 22.4 Å². The number of nitrogens with two attached hydrogens (primary N) is 1. The number of nitrogens with zero attached hydrogens (tertiary/aromatic N) is 5. The number of nitrogen functional groups attached to an aromatic ring is 1. The van der Waals surface area contributed by atoms with E-state index in [1.54, 1.807) is 4.68 Å². The minimum Gasteiger partial charge on any atom is -0.369 e. The minimum atomic E-state index is -0.237. The van der Waals surface area contributed by atoms with Gasteiger partial charge in [0.25, 0.3) is 0 Å². The van der Waals surface area contributed by atoms with E-state index in [1.165, 1.54) is 4.40 Å². The number of aryl methyl sites for hydroxylation is 2. The highest BCUT2D eigenvalue weighted by Gasteiger charge is 2.48. The monoisotopic (exact) mass is 428 g/mol. The molecule has 0 aliphatic heterocycles. The van der Waals surface area contributed by atoms with Gasteiger partial charge in [0.05, 0.1) is 11.3 Å². The lowest BCUT2D eigenvalue weighted by Crippen LogP contribution is -2.24. The van der Waals surface area contributed by atoms with Crippen molar-refractivity contribution in [2.24, 2.45) is 11.3 Å². The third-order valence-electron chi connectivity index (χ3n) is 6.91. The van der Waals surface area contributed by atoms with Gasteiger partial charge in [-0.1, -0.05) is 50.6 Å². The molecule has 1 aliphatic rings. The van der Waals surface area contributed by atoms with Gasteiger partial charge in [-0.05, 0) is 49.3 Å². The third-order valence-corrected chi connectivity index (χ3v) is 6.91. The molecule has 0 bridgehead atoms. The molecule has 7 nitrogen and oxygen atoms in total. The molecule has 0 amide bonds. The molecular weight excluding hydrogens is 400 g/mol. The molecule has 1 aromatic carbocycles. The molecule has 0 radical (unpaired) electrons. The van der Waals surface area contributed by atoms with Gasteiger partial charge >= 0.3 is 5.69 Å². The number of pyridine rings is 1. The lowest BCUT2D eigenvalue weighted by atomic mass is 9.99. The second kappa shape index (κ2) is 7.29. The van der Waals surface area contributed by atoms with Crippen LogP contribution in [-0.2, 0) is 6.54 Å². The van der Waals surface area contributed by atoms with Gasteiger partial charge in [-0.15, -0.1) is 5.10 Å². The van der Waals surface area contributed by atoms with Crippen molar-refractivity contribution in [3.63, 3.8) is 0 Å². The normalized spacial score (nSPS) is 20.1. The quantitative estimate of drug-likeness (QED) is 0.513. The first-order valence-electron chi connectivity index (χ1n) is 11.1. The Bertz CT molecular complexity index is 1370. The summed E-state index contributed by atoms with van der Waals surface area (Å²) in [6, 6.07) is 13.9. The number of anilines is 1. The zero-order valence-electron chi connectivity index (χ0n) is 19.0. The first-order valence-corrected chi connectivity index (χ1v) is 11.1.